The van der Waals surface area contributed by atoms with E-state index in [1.165, 1.54) is 0 Å². The molecule has 0 spiro atoms. The van der Waals surface area contributed by atoms with Gasteiger partial charge >= 0.3 is 0 Å². The third kappa shape index (κ3) is 4.01. The molecular formula is C17H26N2OS. The number of carbonyl (C=O) groups excluding carboxylic acids is 1. The van der Waals surface area contributed by atoms with Gasteiger partial charge in [-0.2, -0.15) is 0 Å². The quantitative estimate of drug-likeness (QED) is 0.851. The lowest BCUT2D eigenvalue weighted by Gasteiger charge is -2.28. The molecule has 3 nitrogen and oxygen atoms in total. The van der Waals surface area contributed by atoms with Gasteiger partial charge in [0.05, 0.1) is 5.25 Å². The maximum absolute atomic E-state index is 12.9. The van der Waals surface area contributed by atoms with Crippen molar-refractivity contribution in [1.29, 1.82) is 0 Å². The average Bonchev–Trinajstić information content (AvgIpc) is 2.86. The van der Waals surface area contributed by atoms with E-state index in [1.807, 2.05) is 23.1 Å². The van der Waals surface area contributed by atoms with Crippen molar-refractivity contribution >= 4 is 17.7 Å². The number of benzene rings is 1. The molecule has 2 N–H and O–H groups in total. The highest BCUT2D eigenvalue weighted by atomic mass is 32.2. The monoisotopic (exact) mass is 306 g/mol. The zero-order valence-corrected chi connectivity index (χ0v) is 14.0. The van der Waals surface area contributed by atoms with E-state index in [4.69, 9.17) is 5.73 Å². The van der Waals surface area contributed by atoms with Crippen LogP contribution in [0.15, 0.2) is 35.2 Å². The Morgan fingerprint density at radius 2 is 2.05 bits per heavy atom. The van der Waals surface area contributed by atoms with Gasteiger partial charge in [0.2, 0.25) is 5.91 Å². The zero-order valence-electron chi connectivity index (χ0n) is 13.2. The molecule has 1 aliphatic rings. The van der Waals surface area contributed by atoms with Gasteiger partial charge in [0, 0.05) is 17.5 Å². The molecule has 1 amide bonds. The lowest BCUT2D eigenvalue weighted by Crippen LogP contribution is -2.42. The van der Waals surface area contributed by atoms with Gasteiger partial charge in [-0.15, -0.1) is 11.8 Å². The molecule has 116 valence electrons. The summed E-state index contributed by atoms with van der Waals surface area (Å²) in [5.41, 5.74) is 5.77. The molecule has 4 heteroatoms. The Hall–Kier alpha value is -1.00. The second-order valence-electron chi connectivity index (χ2n) is 6.27. The van der Waals surface area contributed by atoms with Crippen LogP contribution in [-0.2, 0) is 4.79 Å². The Bertz CT molecular complexity index is 463. The molecule has 1 heterocycles. The number of rotatable bonds is 5. The Labute approximate surface area is 132 Å². The van der Waals surface area contributed by atoms with Crippen LogP contribution in [0.4, 0.5) is 0 Å². The van der Waals surface area contributed by atoms with Crippen molar-refractivity contribution in [3.8, 4) is 0 Å². The van der Waals surface area contributed by atoms with Crippen LogP contribution in [0.1, 0.15) is 27.2 Å². The minimum absolute atomic E-state index is 0.0219. The summed E-state index contributed by atoms with van der Waals surface area (Å²) in [5.74, 6) is 1.03. The fourth-order valence-electron chi connectivity index (χ4n) is 2.90. The standard InChI is InChI=1S/C17H26N2OS/c1-12(2)16(21-15-7-5-4-6-8-15)17(20)19-11-14(10-18)9-13(19)3/h4-8,12-14,16H,9-11,18H2,1-3H3. The molecule has 0 aliphatic carbocycles. The second-order valence-corrected chi connectivity index (χ2v) is 7.49. The fourth-order valence-corrected chi connectivity index (χ4v) is 4.02. The first-order valence-electron chi connectivity index (χ1n) is 7.75. The van der Waals surface area contributed by atoms with Crippen LogP contribution in [0.25, 0.3) is 0 Å². The van der Waals surface area contributed by atoms with E-state index in [2.05, 4.69) is 32.9 Å². The highest BCUT2D eigenvalue weighted by Crippen LogP contribution is 2.32. The Kier molecular flexibility index (Phi) is 5.71. The van der Waals surface area contributed by atoms with Crippen LogP contribution in [-0.4, -0.2) is 35.2 Å². The third-order valence-corrected chi connectivity index (χ3v) is 5.68. The van der Waals surface area contributed by atoms with Crippen LogP contribution in [0.3, 0.4) is 0 Å². The van der Waals surface area contributed by atoms with Crippen LogP contribution in [0, 0.1) is 11.8 Å². The van der Waals surface area contributed by atoms with Gasteiger partial charge in [-0.3, -0.25) is 4.79 Å². The van der Waals surface area contributed by atoms with Gasteiger partial charge < -0.3 is 10.6 Å². The van der Waals surface area contributed by atoms with Gasteiger partial charge in [-0.25, -0.2) is 0 Å². The maximum atomic E-state index is 12.9. The van der Waals surface area contributed by atoms with Crippen molar-refractivity contribution < 1.29 is 4.79 Å². The molecule has 1 aliphatic heterocycles. The smallest absolute Gasteiger partial charge is 0.236 e. The van der Waals surface area contributed by atoms with Crippen LogP contribution in [0.5, 0.6) is 0 Å². The summed E-state index contributed by atoms with van der Waals surface area (Å²) >= 11 is 1.68. The van der Waals surface area contributed by atoms with Crippen LogP contribution in [0.2, 0.25) is 0 Å². The SMILES string of the molecule is CC(C)C(Sc1ccccc1)C(=O)N1CC(CN)CC1C. The van der Waals surface area contributed by atoms with E-state index in [9.17, 15) is 4.79 Å². The Morgan fingerprint density at radius 1 is 1.38 bits per heavy atom. The molecule has 0 saturated carbocycles. The molecule has 3 unspecified atom stereocenters. The highest BCUT2D eigenvalue weighted by Gasteiger charge is 2.36. The predicted molar refractivity (Wildman–Crippen MR) is 89.3 cm³/mol. The van der Waals surface area contributed by atoms with Crippen molar-refractivity contribution in [3.63, 3.8) is 0 Å². The number of carbonyl (C=O) groups is 1. The number of hydrogen-bond acceptors (Lipinski definition) is 3. The minimum atomic E-state index is -0.0219. The molecule has 0 radical (unpaired) electrons. The fraction of sp³-hybridized carbons (Fsp3) is 0.588. The van der Waals surface area contributed by atoms with E-state index in [1.54, 1.807) is 11.8 Å². The summed E-state index contributed by atoms with van der Waals surface area (Å²) in [6, 6.07) is 10.5. The van der Waals surface area contributed by atoms with Gasteiger partial charge in [-0.1, -0.05) is 32.0 Å². The first-order valence-corrected chi connectivity index (χ1v) is 8.63. The summed E-state index contributed by atoms with van der Waals surface area (Å²) in [6.07, 6.45) is 1.03. The van der Waals surface area contributed by atoms with Crippen molar-refractivity contribution in [2.45, 2.75) is 43.4 Å². The molecule has 0 bridgehead atoms. The number of nitrogens with zero attached hydrogens (tertiary/aromatic N) is 1. The summed E-state index contributed by atoms with van der Waals surface area (Å²) in [6.45, 7) is 7.87. The number of hydrogen-bond donors (Lipinski definition) is 1. The van der Waals surface area contributed by atoms with Crippen molar-refractivity contribution in [3.05, 3.63) is 30.3 Å². The Morgan fingerprint density at radius 3 is 2.57 bits per heavy atom. The highest BCUT2D eigenvalue weighted by molar-refractivity contribution is 8.00. The predicted octanol–water partition coefficient (Wildman–Crippen LogP) is 3.00. The third-order valence-electron chi connectivity index (χ3n) is 4.13. The van der Waals surface area contributed by atoms with Crippen molar-refractivity contribution in [2.24, 2.45) is 17.6 Å². The largest absolute Gasteiger partial charge is 0.339 e. The second kappa shape index (κ2) is 7.32. The van der Waals surface area contributed by atoms with Gasteiger partial charge in [0.25, 0.3) is 0 Å². The summed E-state index contributed by atoms with van der Waals surface area (Å²) in [5, 5.41) is -0.0219. The van der Waals surface area contributed by atoms with E-state index in [-0.39, 0.29) is 11.2 Å². The van der Waals surface area contributed by atoms with Crippen molar-refractivity contribution in [1.82, 2.24) is 4.90 Å². The van der Waals surface area contributed by atoms with Gasteiger partial charge in [-0.05, 0) is 43.9 Å². The average molecular weight is 306 g/mol. The van der Waals surface area contributed by atoms with E-state index in [0.29, 0.717) is 24.4 Å². The lowest BCUT2D eigenvalue weighted by molar-refractivity contribution is -0.131. The first kappa shape index (κ1) is 16.4. The zero-order chi connectivity index (χ0) is 15.4. The van der Waals surface area contributed by atoms with E-state index in [0.717, 1.165) is 17.9 Å². The Balaban J connectivity index is 2.09. The summed E-state index contributed by atoms with van der Waals surface area (Å²) < 4.78 is 0. The molecule has 1 saturated heterocycles. The molecule has 21 heavy (non-hydrogen) atoms. The van der Waals surface area contributed by atoms with E-state index >= 15 is 0 Å². The maximum Gasteiger partial charge on any atom is 0.236 e. The number of nitrogens with two attached hydrogens (primary N) is 1. The topological polar surface area (TPSA) is 46.3 Å². The normalized spacial score (nSPS) is 23.6. The molecule has 1 aromatic rings. The van der Waals surface area contributed by atoms with Gasteiger partial charge in [0.1, 0.15) is 0 Å². The summed E-state index contributed by atoms with van der Waals surface area (Å²) in [4.78, 5) is 16.1. The summed E-state index contributed by atoms with van der Waals surface area (Å²) in [7, 11) is 0. The first-order chi connectivity index (χ1) is 10.0. The van der Waals surface area contributed by atoms with Crippen LogP contribution < -0.4 is 5.73 Å². The molecule has 3 atom stereocenters. The molecular weight excluding hydrogens is 280 g/mol. The number of thioether (sulfide) groups is 1. The molecule has 0 aromatic heterocycles. The molecule has 2 rings (SSSR count). The van der Waals surface area contributed by atoms with Crippen molar-refractivity contribution in [2.75, 3.05) is 13.1 Å². The number of likely N-dealkylation sites (tertiary alicyclic amines) is 1. The number of amides is 1. The molecule has 1 aromatic carbocycles. The van der Waals surface area contributed by atoms with Gasteiger partial charge in [0.15, 0.2) is 0 Å². The lowest BCUT2D eigenvalue weighted by atomic mass is 10.1. The molecule has 1 fully saturated rings. The van der Waals surface area contributed by atoms with Crippen LogP contribution >= 0.6 is 11.8 Å². The minimum Gasteiger partial charge on any atom is -0.339 e. The van der Waals surface area contributed by atoms with E-state index < -0.39 is 0 Å².